The third-order valence-corrected chi connectivity index (χ3v) is 8.58. The molecular formula is C13H20O8P2. The Morgan fingerprint density at radius 1 is 1.13 bits per heavy atom. The van der Waals surface area contributed by atoms with Gasteiger partial charge in [-0.3, -0.25) is 9.13 Å². The molecule has 1 aromatic heterocycles. The number of ether oxygens (including phenoxy) is 1. The van der Waals surface area contributed by atoms with Crippen LogP contribution in [-0.2, 0) is 38.6 Å². The van der Waals surface area contributed by atoms with E-state index in [9.17, 15) is 9.13 Å². The molecular weight excluding hydrogens is 346 g/mol. The van der Waals surface area contributed by atoms with E-state index in [4.69, 9.17) is 33.7 Å². The van der Waals surface area contributed by atoms with Crippen LogP contribution in [-0.4, -0.2) is 35.0 Å². The van der Waals surface area contributed by atoms with Crippen LogP contribution < -0.4 is 0 Å². The van der Waals surface area contributed by atoms with Crippen LogP contribution in [0, 0.1) is 12.3 Å². The van der Waals surface area contributed by atoms with Crippen molar-refractivity contribution in [2.75, 3.05) is 35.0 Å². The number of rotatable bonds is 10. The Balaban J connectivity index is 3.38. The van der Waals surface area contributed by atoms with E-state index in [2.05, 4.69) is 5.92 Å². The number of hydrogen-bond acceptors (Lipinski definition) is 8. The maximum atomic E-state index is 12.9. The molecule has 0 N–H and O–H groups in total. The Morgan fingerprint density at radius 2 is 1.65 bits per heavy atom. The summed E-state index contributed by atoms with van der Waals surface area (Å²) in [5.74, 6) is 2.58. The molecule has 8 nitrogen and oxygen atoms in total. The quantitative estimate of drug-likeness (QED) is 0.353. The first kappa shape index (κ1) is 20.1. The monoisotopic (exact) mass is 366 g/mol. The van der Waals surface area contributed by atoms with Crippen LogP contribution in [0.25, 0.3) is 0 Å². The van der Waals surface area contributed by atoms with Crippen LogP contribution >= 0.6 is 15.2 Å². The lowest BCUT2D eigenvalue weighted by Gasteiger charge is -2.28. The Bertz CT molecular complexity index is 590. The van der Waals surface area contributed by atoms with Gasteiger partial charge in [0.2, 0.25) is 0 Å². The summed E-state index contributed by atoms with van der Waals surface area (Å²) in [6, 6.07) is 1.48. The molecule has 0 saturated carbocycles. The lowest BCUT2D eigenvalue weighted by molar-refractivity contribution is 0.135. The molecule has 0 spiro atoms. The normalized spacial score (nSPS) is 12.5. The minimum absolute atomic E-state index is 0.0100. The van der Waals surface area contributed by atoms with Gasteiger partial charge in [-0.25, -0.2) is 0 Å². The van der Waals surface area contributed by atoms with Crippen molar-refractivity contribution in [2.45, 2.75) is 12.0 Å². The predicted octanol–water partition coefficient (Wildman–Crippen LogP) is 3.40. The Hall–Kier alpha value is -0.900. The van der Waals surface area contributed by atoms with Gasteiger partial charge in [-0.1, -0.05) is 5.92 Å². The van der Waals surface area contributed by atoms with Gasteiger partial charge in [0.05, 0.1) is 6.26 Å². The largest absolute Gasteiger partial charge is 0.467 e. The molecule has 0 saturated heterocycles. The van der Waals surface area contributed by atoms with Crippen molar-refractivity contribution in [3.63, 3.8) is 0 Å². The Morgan fingerprint density at radius 3 is 2.09 bits per heavy atom. The van der Waals surface area contributed by atoms with Crippen LogP contribution in [0.3, 0.4) is 0 Å². The molecule has 10 heteroatoms. The highest BCUT2D eigenvalue weighted by atomic mass is 31.2. The van der Waals surface area contributed by atoms with E-state index >= 15 is 0 Å². The van der Waals surface area contributed by atoms with E-state index in [1.165, 1.54) is 40.8 Å². The van der Waals surface area contributed by atoms with Crippen LogP contribution in [0.4, 0.5) is 0 Å². The van der Waals surface area contributed by atoms with Crippen molar-refractivity contribution >= 4 is 15.2 Å². The summed E-state index contributed by atoms with van der Waals surface area (Å²) in [6.07, 6.45) is 6.45. The first-order valence-corrected chi connectivity index (χ1v) is 9.64. The van der Waals surface area contributed by atoms with Gasteiger partial charge < -0.3 is 27.2 Å². The predicted molar refractivity (Wildman–Crippen MR) is 83.2 cm³/mol. The molecule has 23 heavy (non-hydrogen) atoms. The van der Waals surface area contributed by atoms with Gasteiger partial charge in [0, 0.05) is 34.0 Å². The first-order valence-electron chi connectivity index (χ1n) is 6.42. The molecule has 0 bridgehead atoms. The minimum atomic E-state index is -3.87. The van der Waals surface area contributed by atoms with E-state index in [0.29, 0.717) is 0 Å². The summed E-state index contributed by atoms with van der Waals surface area (Å²) < 4.78 is 56.3. The Labute approximate surface area is 135 Å². The van der Waals surface area contributed by atoms with Gasteiger partial charge in [0.25, 0.3) is 0 Å². The van der Waals surface area contributed by atoms with Crippen LogP contribution in [0.2, 0.25) is 0 Å². The van der Waals surface area contributed by atoms with Crippen molar-refractivity contribution in [3.05, 3.63) is 23.7 Å². The maximum Gasteiger partial charge on any atom is 0.349 e. The van der Waals surface area contributed by atoms with Crippen LogP contribution in [0.5, 0.6) is 0 Å². The third-order valence-electron chi connectivity index (χ3n) is 3.09. The van der Waals surface area contributed by atoms with Crippen LogP contribution in [0.1, 0.15) is 16.7 Å². The highest BCUT2D eigenvalue weighted by Gasteiger charge is 2.52. The zero-order valence-corrected chi connectivity index (χ0v) is 15.2. The molecule has 0 amide bonds. The van der Waals surface area contributed by atoms with Crippen molar-refractivity contribution < 1.29 is 36.4 Å². The molecule has 1 heterocycles. The zero-order chi connectivity index (χ0) is 17.5. The fraction of sp³-hybridized carbons (Fsp3) is 0.538. The molecule has 0 atom stereocenters. The van der Waals surface area contributed by atoms with E-state index in [-0.39, 0.29) is 24.5 Å². The zero-order valence-electron chi connectivity index (χ0n) is 13.4. The average molecular weight is 366 g/mol. The summed E-state index contributed by atoms with van der Waals surface area (Å²) in [5.41, 5.74) is 0.279. The van der Waals surface area contributed by atoms with Gasteiger partial charge in [-0.05, 0) is 6.07 Å². The second-order valence-corrected chi connectivity index (χ2v) is 9.24. The second-order valence-electron chi connectivity index (χ2n) is 4.18. The van der Waals surface area contributed by atoms with E-state index in [0.717, 1.165) is 0 Å². The van der Waals surface area contributed by atoms with Crippen LogP contribution in [0.15, 0.2) is 16.7 Å². The third kappa shape index (κ3) is 4.34. The molecule has 0 aliphatic rings. The summed E-state index contributed by atoms with van der Waals surface area (Å²) in [6.45, 7) is 0.0487. The highest BCUT2D eigenvalue weighted by molar-refractivity contribution is 7.72. The van der Waals surface area contributed by atoms with E-state index in [1.807, 2.05) is 0 Å². The molecule has 1 aromatic rings. The average Bonchev–Trinajstić information content (AvgIpc) is 3.02. The van der Waals surface area contributed by atoms with Crippen molar-refractivity contribution in [3.8, 4) is 12.3 Å². The van der Waals surface area contributed by atoms with Crippen molar-refractivity contribution in [1.82, 2.24) is 0 Å². The van der Waals surface area contributed by atoms with Gasteiger partial charge >= 0.3 is 15.2 Å². The van der Waals surface area contributed by atoms with Crippen molar-refractivity contribution in [2.24, 2.45) is 0 Å². The summed E-state index contributed by atoms with van der Waals surface area (Å²) in [5, 5.41) is -1.33. The fourth-order valence-electron chi connectivity index (χ4n) is 1.96. The van der Waals surface area contributed by atoms with Crippen molar-refractivity contribution in [1.29, 1.82) is 0 Å². The summed E-state index contributed by atoms with van der Waals surface area (Å²) in [7, 11) is -3.01. The minimum Gasteiger partial charge on any atom is -0.467 e. The summed E-state index contributed by atoms with van der Waals surface area (Å²) in [4.78, 5) is 0. The molecule has 0 radical (unpaired) electrons. The molecule has 0 unspecified atom stereocenters. The van der Waals surface area contributed by atoms with Gasteiger partial charge in [0.15, 0.2) is 5.40 Å². The lowest BCUT2D eigenvalue weighted by Crippen LogP contribution is -2.09. The molecule has 0 aliphatic heterocycles. The summed E-state index contributed by atoms with van der Waals surface area (Å²) >= 11 is 0. The number of terminal acetylenes is 1. The molecule has 0 aromatic carbocycles. The van der Waals surface area contributed by atoms with E-state index < -0.39 is 20.6 Å². The first-order chi connectivity index (χ1) is 10.9. The maximum absolute atomic E-state index is 12.9. The Kier molecular flexibility index (Phi) is 7.72. The number of furan rings is 1. The molecule has 1 rings (SSSR count). The highest BCUT2D eigenvalue weighted by Crippen LogP contribution is 2.78. The smallest absolute Gasteiger partial charge is 0.349 e. The topological polar surface area (TPSA) is 93.4 Å². The van der Waals surface area contributed by atoms with Gasteiger partial charge in [-0.15, -0.1) is 6.42 Å². The second kappa shape index (κ2) is 8.81. The molecule has 0 aliphatic carbocycles. The molecule has 0 fully saturated rings. The van der Waals surface area contributed by atoms with Gasteiger partial charge in [0.1, 0.15) is 19.0 Å². The lowest BCUT2D eigenvalue weighted by atomic mass is 10.3. The SMILES string of the molecule is C#CCOCc1occc1C(P(=O)(OC)OC)P(=O)(OC)OC. The molecule has 130 valence electrons. The fourth-order valence-corrected chi connectivity index (χ4v) is 6.72. The van der Waals surface area contributed by atoms with E-state index in [1.54, 1.807) is 0 Å². The number of hydrogen-bond donors (Lipinski definition) is 0. The standard InChI is InChI=1S/C13H20O8P2/c1-6-8-20-10-12-11(7-9-21-12)13(22(14,16-2)17-3)23(15,18-4)19-5/h1,7,9,13H,8,10H2,2-5H3. The van der Waals surface area contributed by atoms with Gasteiger partial charge in [-0.2, -0.15) is 0 Å².